The van der Waals surface area contributed by atoms with Gasteiger partial charge in [0.2, 0.25) is 0 Å². The fourth-order valence-corrected chi connectivity index (χ4v) is 7.42. The lowest BCUT2D eigenvalue weighted by Crippen LogP contribution is -2.33. The van der Waals surface area contributed by atoms with Crippen LogP contribution in [-0.4, -0.2) is 4.57 Å². The second kappa shape index (κ2) is 6.39. The molecule has 0 bridgehead atoms. The molecule has 0 fully saturated rings. The third-order valence-electron chi connectivity index (χ3n) is 9.31. The zero-order chi connectivity index (χ0) is 25.4. The summed E-state index contributed by atoms with van der Waals surface area (Å²) in [6.07, 6.45) is 0. The monoisotopic (exact) mass is 477 g/mol. The van der Waals surface area contributed by atoms with Crippen LogP contribution in [0.1, 0.15) is 49.9 Å². The number of nitrogens with zero attached hydrogens (tertiary/aromatic N) is 1. The molecule has 178 valence electrons. The first-order chi connectivity index (χ1) is 17.7. The van der Waals surface area contributed by atoms with Crippen LogP contribution in [0, 0.1) is 0 Å². The number of benzene rings is 5. The summed E-state index contributed by atoms with van der Waals surface area (Å²) in [7, 11) is 0. The Bertz CT molecular complexity index is 2120. The maximum absolute atomic E-state index is 14.5. The van der Waals surface area contributed by atoms with Crippen LogP contribution in [0.5, 0.6) is 0 Å². The molecule has 2 aliphatic carbocycles. The number of hydrogen-bond donors (Lipinski definition) is 0. The molecule has 5 aromatic carbocycles. The average Bonchev–Trinajstić information content (AvgIpc) is 3.13. The van der Waals surface area contributed by atoms with E-state index in [4.69, 9.17) is 0 Å². The first kappa shape index (κ1) is 21.0. The molecule has 8 rings (SSSR count). The van der Waals surface area contributed by atoms with Crippen molar-refractivity contribution < 1.29 is 0 Å². The van der Waals surface area contributed by atoms with Crippen LogP contribution in [0.4, 0.5) is 0 Å². The van der Waals surface area contributed by atoms with Crippen molar-refractivity contribution in [1.29, 1.82) is 0 Å². The molecule has 0 saturated carbocycles. The summed E-state index contributed by atoms with van der Waals surface area (Å²) in [5.41, 5.74) is 8.53. The Morgan fingerprint density at radius 1 is 0.622 bits per heavy atom. The van der Waals surface area contributed by atoms with Crippen molar-refractivity contribution in [3.05, 3.63) is 117 Å². The smallest absolute Gasteiger partial charge is 0.263 e. The SMILES string of the molecule is C=c1c2ccc3c4c5c(cc(c(=O)n1-c1cccc6ccccc16)c42)C(C)(C)c1cccc(c1-5)C3(C)C. The lowest BCUT2D eigenvalue weighted by molar-refractivity contribution is 0.639. The Hall–Kier alpha value is -4.17. The Morgan fingerprint density at radius 3 is 2.08 bits per heavy atom. The van der Waals surface area contributed by atoms with Gasteiger partial charge < -0.3 is 0 Å². The molecule has 1 aromatic heterocycles. The molecule has 0 N–H and O–H groups in total. The van der Waals surface area contributed by atoms with Gasteiger partial charge in [0.05, 0.1) is 5.69 Å². The quantitative estimate of drug-likeness (QED) is 0.242. The second-order valence-corrected chi connectivity index (χ2v) is 11.8. The van der Waals surface area contributed by atoms with E-state index in [9.17, 15) is 4.79 Å². The van der Waals surface area contributed by atoms with Gasteiger partial charge in [0, 0.05) is 37.7 Å². The summed E-state index contributed by atoms with van der Waals surface area (Å²) in [5, 5.41) is 7.05. The van der Waals surface area contributed by atoms with Crippen molar-refractivity contribution in [2.75, 3.05) is 0 Å². The van der Waals surface area contributed by atoms with Gasteiger partial charge in [0.1, 0.15) is 0 Å². The van der Waals surface area contributed by atoms with Gasteiger partial charge in [-0.2, -0.15) is 0 Å². The van der Waals surface area contributed by atoms with E-state index in [2.05, 4.69) is 88.9 Å². The normalized spacial score (nSPS) is 16.2. The Balaban J connectivity index is 1.63. The Morgan fingerprint density at radius 2 is 1.30 bits per heavy atom. The van der Waals surface area contributed by atoms with Crippen LogP contribution < -0.4 is 10.9 Å². The molecule has 0 unspecified atom stereocenters. The van der Waals surface area contributed by atoms with Crippen LogP contribution in [-0.2, 0) is 10.8 Å². The third-order valence-corrected chi connectivity index (χ3v) is 9.31. The van der Waals surface area contributed by atoms with Gasteiger partial charge in [0.15, 0.2) is 0 Å². The molecular weight excluding hydrogens is 450 g/mol. The molecule has 0 saturated heterocycles. The standard InChI is InChI=1S/C35H27NO/c1-19-21-16-17-26-31-29(21)23(33(37)36(19)28-15-8-11-20-10-6-7-12-22(20)28)18-27-32(31)30-24(34(26,2)3)13-9-14-25(30)35(27,4)5/h6-18H,1H2,2-5H3. The van der Waals surface area contributed by atoms with Crippen molar-refractivity contribution in [3.63, 3.8) is 0 Å². The highest BCUT2D eigenvalue weighted by Crippen LogP contribution is 2.60. The minimum atomic E-state index is -0.182. The van der Waals surface area contributed by atoms with E-state index in [1.165, 1.54) is 38.8 Å². The summed E-state index contributed by atoms with van der Waals surface area (Å²) >= 11 is 0. The molecule has 0 aliphatic heterocycles. The summed E-state index contributed by atoms with van der Waals surface area (Å²) in [6, 6.07) is 27.8. The fraction of sp³-hybridized carbons (Fsp3) is 0.171. The van der Waals surface area contributed by atoms with Crippen LogP contribution in [0.3, 0.4) is 0 Å². The van der Waals surface area contributed by atoms with Crippen molar-refractivity contribution in [2.45, 2.75) is 38.5 Å². The average molecular weight is 478 g/mol. The minimum Gasteiger partial charge on any atom is -0.276 e. The number of pyridine rings is 1. The van der Waals surface area contributed by atoms with Gasteiger partial charge in [-0.05, 0) is 56.3 Å². The van der Waals surface area contributed by atoms with Crippen molar-refractivity contribution >= 4 is 38.9 Å². The second-order valence-electron chi connectivity index (χ2n) is 11.8. The number of rotatable bonds is 1. The zero-order valence-electron chi connectivity index (χ0n) is 21.6. The molecule has 2 heteroatoms. The van der Waals surface area contributed by atoms with E-state index >= 15 is 0 Å². The van der Waals surface area contributed by atoms with Crippen LogP contribution >= 0.6 is 0 Å². The maximum Gasteiger partial charge on any atom is 0.263 e. The summed E-state index contributed by atoms with van der Waals surface area (Å²) < 4.78 is 1.84. The fourth-order valence-electron chi connectivity index (χ4n) is 7.42. The van der Waals surface area contributed by atoms with E-state index in [0.29, 0.717) is 0 Å². The summed E-state index contributed by atoms with van der Waals surface area (Å²) in [4.78, 5) is 14.5. The van der Waals surface area contributed by atoms with E-state index in [1.54, 1.807) is 0 Å². The largest absolute Gasteiger partial charge is 0.276 e. The Labute approximate surface area is 215 Å². The minimum absolute atomic E-state index is 0.00385. The van der Waals surface area contributed by atoms with Crippen LogP contribution in [0.15, 0.2) is 83.7 Å². The molecule has 1 heterocycles. The third kappa shape index (κ3) is 2.26. The highest BCUT2D eigenvalue weighted by atomic mass is 16.1. The molecule has 0 atom stereocenters. The van der Waals surface area contributed by atoms with E-state index < -0.39 is 0 Å². The van der Waals surface area contributed by atoms with Crippen molar-refractivity contribution in [2.24, 2.45) is 0 Å². The Kier molecular flexibility index (Phi) is 3.62. The van der Waals surface area contributed by atoms with Gasteiger partial charge in [-0.25, -0.2) is 0 Å². The van der Waals surface area contributed by atoms with Gasteiger partial charge in [0.25, 0.3) is 5.56 Å². The van der Waals surface area contributed by atoms with Gasteiger partial charge in [-0.1, -0.05) is 101 Å². The molecule has 37 heavy (non-hydrogen) atoms. The van der Waals surface area contributed by atoms with E-state index in [-0.39, 0.29) is 16.4 Å². The molecule has 2 nitrogen and oxygen atoms in total. The number of aromatic nitrogens is 1. The van der Waals surface area contributed by atoms with E-state index in [0.717, 1.165) is 38.0 Å². The van der Waals surface area contributed by atoms with Gasteiger partial charge >= 0.3 is 0 Å². The summed E-state index contributed by atoms with van der Waals surface area (Å²) in [5.74, 6) is 0. The highest BCUT2D eigenvalue weighted by Gasteiger charge is 2.45. The molecule has 2 aliphatic rings. The van der Waals surface area contributed by atoms with Crippen LogP contribution in [0.2, 0.25) is 0 Å². The zero-order valence-corrected chi connectivity index (χ0v) is 21.6. The predicted molar refractivity (Wildman–Crippen MR) is 155 cm³/mol. The topological polar surface area (TPSA) is 22.0 Å². The van der Waals surface area contributed by atoms with Crippen molar-refractivity contribution in [1.82, 2.24) is 4.57 Å². The van der Waals surface area contributed by atoms with Gasteiger partial charge in [-0.3, -0.25) is 9.36 Å². The number of hydrogen-bond acceptors (Lipinski definition) is 1. The molecule has 6 aromatic rings. The van der Waals surface area contributed by atoms with Crippen molar-refractivity contribution in [3.8, 4) is 16.8 Å². The number of fused-ring (bicyclic) bond motifs is 1. The molecular formula is C35H27NO. The lowest BCUT2D eigenvalue weighted by Gasteiger charge is -2.35. The van der Waals surface area contributed by atoms with E-state index in [1.807, 2.05) is 28.8 Å². The molecule has 0 spiro atoms. The maximum atomic E-state index is 14.5. The highest BCUT2D eigenvalue weighted by molar-refractivity contribution is 6.20. The molecule has 0 radical (unpaired) electrons. The first-order valence-electron chi connectivity index (χ1n) is 13.0. The van der Waals surface area contributed by atoms with Gasteiger partial charge in [-0.15, -0.1) is 0 Å². The predicted octanol–water partition coefficient (Wildman–Crippen LogP) is 7.37. The molecule has 0 amide bonds. The summed E-state index contributed by atoms with van der Waals surface area (Å²) in [6.45, 7) is 13.8. The first-order valence-corrected chi connectivity index (χ1v) is 13.0. The lowest BCUT2D eigenvalue weighted by atomic mass is 9.68. The van der Waals surface area contributed by atoms with Crippen LogP contribution in [0.25, 0.3) is 55.7 Å².